The number of carbonyl (C=O) groups is 2. The van der Waals surface area contributed by atoms with E-state index in [0.717, 1.165) is 72.3 Å². The largest absolute Gasteiger partial charge is 0.384 e. The molecule has 130 heavy (non-hydrogen) atoms. The van der Waals surface area contributed by atoms with Gasteiger partial charge in [0.15, 0.2) is 0 Å². The number of nitrogens with one attached hydrogen (secondary N) is 2. The van der Waals surface area contributed by atoms with Crippen LogP contribution in [0.4, 0.5) is 17.1 Å². The van der Waals surface area contributed by atoms with Crippen LogP contribution in [0, 0.1) is 50.4 Å². The number of allylic oxidation sites excluding steroid dienone is 1. The lowest BCUT2D eigenvalue weighted by molar-refractivity contribution is -0.122. The number of nitrogens with zero attached hydrogens (tertiary/aromatic N) is 1. The minimum atomic E-state index is -0.389. The maximum Gasteiger partial charge on any atom is 0.234 e. The molecule has 1 amide bonds. The third-order valence-corrected chi connectivity index (χ3v) is 25.8. The van der Waals surface area contributed by atoms with Crippen molar-refractivity contribution in [2.24, 2.45) is 34.6 Å². The molecule has 0 aromatic heterocycles. The number of fused-ring (bicyclic) bond motifs is 5. The van der Waals surface area contributed by atoms with Crippen LogP contribution in [0.2, 0.25) is 0 Å². The van der Waals surface area contributed by atoms with Gasteiger partial charge in [-0.05, 0) is 326 Å². The van der Waals surface area contributed by atoms with E-state index in [0.29, 0.717) is 41.8 Å². The third-order valence-electron chi connectivity index (χ3n) is 25.8. The first-order valence-electron chi connectivity index (χ1n) is 50.1. The summed E-state index contributed by atoms with van der Waals surface area (Å²) in [6, 6.07) is 77.3. The molecule has 15 rings (SSSR count). The summed E-state index contributed by atoms with van der Waals surface area (Å²) in [4.78, 5) is 27.8. The number of aliphatic imine (C=N–C) groups is 1. The molecule has 0 unspecified atom stereocenters. The fourth-order valence-electron chi connectivity index (χ4n) is 15.9. The van der Waals surface area contributed by atoms with Crippen molar-refractivity contribution in [2.75, 3.05) is 17.2 Å². The first-order valence-corrected chi connectivity index (χ1v) is 50.1. The van der Waals surface area contributed by atoms with Crippen molar-refractivity contribution < 1.29 is 9.59 Å². The first-order chi connectivity index (χ1) is 61.3. The molecule has 5 aliphatic rings. The van der Waals surface area contributed by atoms with Gasteiger partial charge in [-0.25, -0.2) is 0 Å². The molecule has 3 aliphatic heterocycles. The summed E-state index contributed by atoms with van der Waals surface area (Å²) in [5.74, 6) is 7.44. The summed E-state index contributed by atoms with van der Waals surface area (Å²) >= 11 is 0. The highest BCUT2D eigenvalue weighted by atomic mass is 16.2. The Morgan fingerprint density at radius 3 is 1.34 bits per heavy atom. The van der Waals surface area contributed by atoms with Crippen LogP contribution in [0.3, 0.4) is 0 Å². The van der Waals surface area contributed by atoms with E-state index < -0.39 is 0 Å². The minimum absolute atomic E-state index is 0.0957. The molecule has 0 bridgehead atoms. The third kappa shape index (κ3) is 37.3. The standard InChI is InChI=1S/C15H24.C14H18O.C13H17NO.C13H20.C12H14.3C12H18.C11H15N.C11H13N/c1-12(2)6-7-13-8-10-14(11-9-13)15(3,4)5;1-9(2)10-5-6-12-11(7-10)8-13(15)14(12,3)4;1-8(2)9-5-6-11-10(7-9)13(3,4)12(15)14-11;1-4-12-7-9-13(10-8-12)6-5-11(2)3;1-9(2)11-7-6-10-4-3-5-12(10)8-11;1-10(2)4-7-12-8-5-11(3)6-9-12;1-10(2)7-8-12-6-4-5-11(3)9-12;1-10(2)8-9-12-7-5-4-6-11(12)3;2*1-8(2)9-3-4-11-10(7-9)5-6-12-11/h8-12H,6-7H2,1-5H3;5-7,9H,8H2,1-4H3;5-8H,1-4H3,(H,14,15);7-11H,4-6H2,1-3H3;3-4,6-9H,5H2,1-2H3;5-6,8-10H,4,7H2,1-3H3;4-6,9-10H,7-8H2,1-3H3;4-7,10H,8-9H2,1-3H3;3-4,7-8,12H,5-6H2,1-2H3;3-4,6-8H,5H2,1-2H3. The van der Waals surface area contributed by atoms with E-state index in [2.05, 4.69) is 421 Å². The first kappa shape index (κ1) is 109. The zero-order chi connectivity index (χ0) is 96.2. The summed E-state index contributed by atoms with van der Waals surface area (Å²) in [5.41, 5.74) is 33.8. The quantitative estimate of drug-likeness (QED) is 0.0753. The van der Waals surface area contributed by atoms with Crippen molar-refractivity contribution in [1.29, 1.82) is 0 Å². The van der Waals surface area contributed by atoms with E-state index in [4.69, 9.17) is 0 Å². The highest BCUT2D eigenvalue weighted by Crippen LogP contribution is 2.40. The number of ketones is 1. The molecule has 0 saturated carbocycles. The number of Topliss-reactive ketones (excluding diaryl/α,β-unsaturated/α-hetero) is 1. The van der Waals surface area contributed by atoms with Crippen LogP contribution in [-0.2, 0) is 90.0 Å². The number of benzene rings is 10. The number of hydrogen-bond acceptors (Lipinski definition) is 4. The molecule has 0 radical (unpaired) electrons. The Morgan fingerprint density at radius 1 is 0.385 bits per heavy atom. The SMILES string of the molecule is CC(C)CCc1ccc(C(C)(C)C)cc1.CC(C)c1ccc2c(c1)C(C)(C)C(=O)N2.CC(C)c1ccc2c(c1)CC(=O)C2(C)C.CC(C)c1ccc2c(c1)CC=C2.CC(C)c1ccc2c(c1)CC=N2.CC(C)c1ccc2c(c1)CCN2.CCc1ccc(CCC(C)C)cc1.Cc1ccc(CCC(C)C)cc1.Cc1cccc(CCC(C)C)c1.Cc1ccccc1CCC(C)C. The van der Waals surface area contributed by atoms with Gasteiger partial charge in [0.2, 0.25) is 5.91 Å². The molecule has 5 heteroatoms. The fourth-order valence-corrected chi connectivity index (χ4v) is 15.9. The molecule has 0 atom stereocenters. The molecule has 2 aliphatic carbocycles. The van der Waals surface area contributed by atoms with Crippen molar-refractivity contribution in [3.63, 3.8) is 0 Å². The Balaban J connectivity index is 0.000000223. The van der Waals surface area contributed by atoms with E-state index in [1.165, 1.54) is 193 Å². The topological polar surface area (TPSA) is 70.6 Å². The van der Waals surface area contributed by atoms with Crippen molar-refractivity contribution in [3.05, 3.63) is 341 Å². The lowest BCUT2D eigenvalue weighted by atomic mass is 9.84. The lowest BCUT2D eigenvalue weighted by Gasteiger charge is -2.19. The fraction of sp³-hybridized carbons (Fsp3) is 0.480. The van der Waals surface area contributed by atoms with Crippen molar-refractivity contribution in [1.82, 2.24) is 0 Å². The van der Waals surface area contributed by atoms with Crippen LogP contribution < -0.4 is 10.6 Å². The van der Waals surface area contributed by atoms with E-state index in [1.54, 1.807) is 0 Å². The molecular formula is C125H175N3O2. The Bertz CT molecular complexity index is 5010. The molecule has 0 spiro atoms. The molecule has 5 nitrogen and oxygen atoms in total. The molecule has 10 aromatic carbocycles. The number of aryl methyl sites for hydroxylation is 9. The molecule has 2 N–H and O–H groups in total. The van der Waals surface area contributed by atoms with Gasteiger partial charge >= 0.3 is 0 Å². The number of hydrogen-bond donors (Lipinski definition) is 2. The molecule has 3 heterocycles. The minimum Gasteiger partial charge on any atom is -0.384 e. The van der Waals surface area contributed by atoms with Crippen molar-refractivity contribution in [3.8, 4) is 0 Å². The molecule has 10 aromatic rings. The second kappa shape index (κ2) is 53.9. The van der Waals surface area contributed by atoms with Gasteiger partial charge in [-0.1, -0.05) is 384 Å². The number of amides is 1. The van der Waals surface area contributed by atoms with E-state index in [-0.39, 0.29) is 22.2 Å². The Morgan fingerprint density at radius 2 is 0.831 bits per heavy atom. The van der Waals surface area contributed by atoms with Gasteiger partial charge in [-0.3, -0.25) is 14.6 Å². The van der Waals surface area contributed by atoms with Crippen LogP contribution in [0.5, 0.6) is 0 Å². The summed E-state index contributed by atoms with van der Waals surface area (Å²) in [6.07, 6.45) is 24.1. The summed E-state index contributed by atoms with van der Waals surface area (Å²) in [7, 11) is 0. The Labute approximate surface area is 794 Å². The maximum absolute atomic E-state index is 11.8. The zero-order valence-electron chi connectivity index (χ0n) is 87.3. The average molecular weight is 1750 g/mol. The predicted octanol–water partition coefficient (Wildman–Crippen LogP) is 34.6. The molecular weight excluding hydrogens is 1580 g/mol. The average Bonchev–Trinajstić information content (AvgIpc) is 1.62. The van der Waals surface area contributed by atoms with E-state index >= 15 is 0 Å². The summed E-state index contributed by atoms with van der Waals surface area (Å²) in [5, 5.41) is 6.28. The van der Waals surface area contributed by atoms with Gasteiger partial charge in [-0.15, -0.1) is 0 Å². The summed E-state index contributed by atoms with van der Waals surface area (Å²) in [6.45, 7) is 69.4. The molecule has 0 saturated heterocycles. The predicted molar refractivity (Wildman–Crippen MR) is 573 cm³/mol. The normalized spacial score (nSPS) is 13.5. The zero-order valence-corrected chi connectivity index (χ0v) is 87.3. The van der Waals surface area contributed by atoms with Crippen LogP contribution >= 0.6 is 0 Å². The second-order valence-corrected chi connectivity index (χ2v) is 43.0. The smallest absolute Gasteiger partial charge is 0.234 e. The van der Waals surface area contributed by atoms with Gasteiger partial charge in [0.25, 0.3) is 0 Å². The van der Waals surface area contributed by atoms with Gasteiger partial charge in [0, 0.05) is 42.4 Å². The maximum atomic E-state index is 11.8. The highest BCUT2D eigenvalue weighted by molar-refractivity contribution is 6.05. The van der Waals surface area contributed by atoms with Gasteiger partial charge in [-0.2, -0.15) is 0 Å². The van der Waals surface area contributed by atoms with Crippen LogP contribution in [0.1, 0.15) is 378 Å². The van der Waals surface area contributed by atoms with Crippen molar-refractivity contribution in [2.45, 2.75) is 357 Å². The lowest BCUT2D eigenvalue weighted by Crippen LogP contribution is -2.26. The Kier molecular flexibility index (Phi) is 45.3. The van der Waals surface area contributed by atoms with Crippen LogP contribution in [0.25, 0.3) is 6.08 Å². The second-order valence-electron chi connectivity index (χ2n) is 43.0. The molecule has 702 valence electrons. The monoisotopic (exact) mass is 1750 g/mol. The number of anilines is 2. The number of rotatable bonds is 21. The highest BCUT2D eigenvalue weighted by Gasteiger charge is 2.39. The van der Waals surface area contributed by atoms with E-state index in [9.17, 15) is 9.59 Å². The van der Waals surface area contributed by atoms with Crippen LogP contribution in [0.15, 0.2) is 223 Å². The van der Waals surface area contributed by atoms with Crippen LogP contribution in [-0.4, -0.2) is 24.4 Å². The number of carbonyl (C=O) groups excluding carboxylic acids is 2. The van der Waals surface area contributed by atoms with E-state index in [1.807, 2.05) is 40.0 Å². The van der Waals surface area contributed by atoms with Crippen molar-refractivity contribution >= 4 is 41.0 Å². The van der Waals surface area contributed by atoms with Gasteiger partial charge < -0.3 is 10.6 Å². The summed E-state index contributed by atoms with van der Waals surface area (Å²) < 4.78 is 0. The Hall–Kier alpha value is -9.45. The van der Waals surface area contributed by atoms with Gasteiger partial charge in [0.1, 0.15) is 5.78 Å². The van der Waals surface area contributed by atoms with Gasteiger partial charge in [0.05, 0.1) is 11.1 Å². The molecule has 0 fully saturated rings.